The lowest BCUT2D eigenvalue weighted by Gasteiger charge is -2.08. The van der Waals surface area contributed by atoms with Crippen molar-refractivity contribution < 1.29 is 14.6 Å². The molecule has 0 fully saturated rings. The molecule has 18 heavy (non-hydrogen) atoms. The van der Waals surface area contributed by atoms with Crippen LogP contribution in [-0.2, 0) is 4.74 Å². The van der Waals surface area contributed by atoms with E-state index in [9.17, 15) is 9.90 Å². The van der Waals surface area contributed by atoms with Crippen molar-refractivity contribution in [1.82, 2.24) is 0 Å². The molecule has 0 amide bonds. The van der Waals surface area contributed by atoms with E-state index in [1.165, 1.54) is 13.0 Å². The van der Waals surface area contributed by atoms with E-state index in [1.54, 1.807) is 12.1 Å². The van der Waals surface area contributed by atoms with Gasteiger partial charge >= 0.3 is 5.97 Å². The first-order valence-electron chi connectivity index (χ1n) is 5.44. The van der Waals surface area contributed by atoms with Crippen LogP contribution in [0.4, 0.5) is 0 Å². The van der Waals surface area contributed by atoms with Crippen molar-refractivity contribution in [2.24, 2.45) is 0 Å². The number of carbonyl (C=O) groups excluding carboxylic acids is 1. The van der Waals surface area contributed by atoms with Gasteiger partial charge in [0.1, 0.15) is 17.4 Å². The van der Waals surface area contributed by atoms with Crippen molar-refractivity contribution in [3.8, 4) is 11.8 Å². The number of phenolic OH excluding ortho intramolecular Hbond substituents is 1. The number of nitriles is 1. The molecule has 0 aromatic heterocycles. The number of hydrogen-bond acceptors (Lipinski definition) is 4. The van der Waals surface area contributed by atoms with E-state index in [0.717, 1.165) is 10.8 Å². The molecule has 4 nitrogen and oxygen atoms in total. The summed E-state index contributed by atoms with van der Waals surface area (Å²) in [5.74, 6) is -0.851. The minimum Gasteiger partial charge on any atom is -0.507 e. The van der Waals surface area contributed by atoms with Gasteiger partial charge in [-0.15, -0.1) is 0 Å². The van der Waals surface area contributed by atoms with Crippen LogP contribution < -0.4 is 0 Å². The molecule has 1 atom stereocenters. The number of nitrogens with zero attached hydrogens (tertiary/aromatic N) is 1. The number of esters is 1. The maximum absolute atomic E-state index is 11.7. The summed E-state index contributed by atoms with van der Waals surface area (Å²) in [5.41, 5.74) is 0.0656. The highest BCUT2D eigenvalue weighted by Crippen LogP contribution is 2.25. The van der Waals surface area contributed by atoms with Crippen molar-refractivity contribution in [3.05, 3.63) is 42.0 Å². The predicted molar refractivity (Wildman–Crippen MR) is 66.1 cm³/mol. The van der Waals surface area contributed by atoms with Crippen LogP contribution in [0.1, 0.15) is 17.3 Å². The fourth-order valence-electron chi connectivity index (χ4n) is 1.64. The summed E-state index contributed by atoms with van der Waals surface area (Å²) in [6.45, 7) is 1.47. The lowest BCUT2D eigenvalue weighted by molar-refractivity contribution is 0.0432. The molecule has 0 saturated heterocycles. The van der Waals surface area contributed by atoms with Crippen LogP contribution in [0.3, 0.4) is 0 Å². The summed E-state index contributed by atoms with van der Waals surface area (Å²) in [6, 6.07) is 12.2. The maximum Gasteiger partial charge on any atom is 0.343 e. The van der Waals surface area contributed by atoms with Crippen molar-refractivity contribution >= 4 is 16.7 Å². The Bertz CT molecular complexity index is 643. The second-order valence-electron chi connectivity index (χ2n) is 3.89. The van der Waals surface area contributed by atoms with Crippen LogP contribution in [0, 0.1) is 11.3 Å². The molecule has 0 heterocycles. The van der Waals surface area contributed by atoms with E-state index < -0.39 is 12.1 Å². The van der Waals surface area contributed by atoms with E-state index >= 15 is 0 Å². The van der Waals surface area contributed by atoms with Crippen LogP contribution in [-0.4, -0.2) is 17.2 Å². The molecule has 0 aliphatic rings. The van der Waals surface area contributed by atoms with Gasteiger partial charge in [0.2, 0.25) is 0 Å². The number of hydrogen-bond donors (Lipinski definition) is 1. The van der Waals surface area contributed by atoms with Gasteiger partial charge in [-0.25, -0.2) is 4.79 Å². The number of ether oxygens (including phenoxy) is 1. The van der Waals surface area contributed by atoms with E-state index in [1.807, 2.05) is 24.3 Å². The van der Waals surface area contributed by atoms with Crippen LogP contribution in [0.25, 0.3) is 10.8 Å². The Morgan fingerprint density at radius 1 is 1.33 bits per heavy atom. The van der Waals surface area contributed by atoms with Crippen molar-refractivity contribution in [1.29, 1.82) is 5.26 Å². The smallest absolute Gasteiger partial charge is 0.343 e. The first-order valence-corrected chi connectivity index (χ1v) is 5.44. The SMILES string of the molecule is C[C@H](C#N)OC(=O)c1cc2ccccc2cc1O. The molecule has 2 rings (SSSR count). The van der Waals surface area contributed by atoms with Gasteiger partial charge < -0.3 is 9.84 Å². The Morgan fingerprint density at radius 3 is 2.56 bits per heavy atom. The molecular weight excluding hydrogens is 230 g/mol. The van der Waals surface area contributed by atoms with Crippen molar-refractivity contribution in [2.75, 3.05) is 0 Å². The first kappa shape index (κ1) is 11.9. The lowest BCUT2D eigenvalue weighted by atomic mass is 10.1. The zero-order valence-electron chi connectivity index (χ0n) is 9.75. The average molecular weight is 241 g/mol. The molecule has 90 valence electrons. The van der Waals surface area contributed by atoms with Gasteiger partial charge in [0.25, 0.3) is 0 Å². The van der Waals surface area contributed by atoms with E-state index in [-0.39, 0.29) is 11.3 Å². The normalized spacial score (nSPS) is 11.8. The molecule has 1 N–H and O–H groups in total. The number of rotatable bonds is 2. The summed E-state index contributed by atoms with van der Waals surface area (Å²) >= 11 is 0. The number of benzene rings is 2. The van der Waals surface area contributed by atoms with E-state index in [4.69, 9.17) is 10.00 Å². The predicted octanol–water partition coefficient (Wildman–Crippen LogP) is 2.61. The Labute approximate surface area is 104 Å². The second kappa shape index (κ2) is 4.76. The third-order valence-corrected chi connectivity index (χ3v) is 2.55. The Balaban J connectivity index is 2.42. The van der Waals surface area contributed by atoms with Gasteiger partial charge in [-0.1, -0.05) is 24.3 Å². The van der Waals surface area contributed by atoms with Gasteiger partial charge in [0.15, 0.2) is 6.10 Å². The number of carbonyl (C=O) groups is 1. The van der Waals surface area contributed by atoms with E-state index in [0.29, 0.717) is 0 Å². The van der Waals surface area contributed by atoms with Crippen LogP contribution in [0.15, 0.2) is 36.4 Å². The second-order valence-corrected chi connectivity index (χ2v) is 3.89. The van der Waals surface area contributed by atoms with Gasteiger partial charge in [-0.2, -0.15) is 5.26 Å². The molecule has 0 spiro atoms. The zero-order chi connectivity index (χ0) is 13.1. The molecule has 0 saturated carbocycles. The fourth-order valence-corrected chi connectivity index (χ4v) is 1.64. The Morgan fingerprint density at radius 2 is 1.94 bits per heavy atom. The first-order chi connectivity index (χ1) is 8.61. The molecule has 4 heteroatoms. The zero-order valence-corrected chi connectivity index (χ0v) is 9.75. The molecule has 0 aliphatic heterocycles. The van der Waals surface area contributed by atoms with Crippen molar-refractivity contribution in [3.63, 3.8) is 0 Å². The van der Waals surface area contributed by atoms with Crippen LogP contribution >= 0.6 is 0 Å². The summed E-state index contributed by atoms with van der Waals surface area (Å²) in [4.78, 5) is 11.7. The third-order valence-electron chi connectivity index (χ3n) is 2.55. The van der Waals surface area contributed by atoms with Gasteiger partial charge in [-0.3, -0.25) is 0 Å². The topological polar surface area (TPSA) is 70.3 Å². The van der Waals surface area contributed by atoms with Crippen molar-refractivity contribution in [2.45, 2.75) is 13.0 Å². The molecular formula is C14H11NO3. The van der Waals surface area contributed by atoms with Gasteiger partial charge in [-0.05, 0) is 29.8 Å². The molecule has 0 bridgehead atoms. The molecule has 2 aromatic carbocycles. The molecule has 0 radical (unpaired) electrons. The van der Waals surface area contributed by atoms with Gasteiger partial charge in [0, 0.05) is 0 Å². The summed E-state index contributed by atoms with van der Waals surface area (Å²) in [7, 11) is 0. The number of phenols is 1. The summed E-state index contributed by atoms with van der Waals surface area (Å²) in [5, 5.41) is 20.0. The minimum atomic E-state index is -0.844. The monoisotopic (exact) mass is 241 g/mol. The quantitative estimate of drug-likeness (QED) is 0.820. The summed E-state index contributed by atoms with van der Waals surface area (Å²) in [6.07, 6.45) is -0.844. The highest BCUT2D eigenvalue weighted by atomic mass is 16.5. The number of fused-ring (bicyclic) bond motifs is 1. The maximum atomic E-state index is 11.7. The highest BCUT2D eigenvalue weighted by Gasteiger charge is 2.16. The minimum absolute atomic E-state index is 0.0656. The van der Waals surface area contributed by atoms with E-state index in [2.05, 4.69) is 0 Å². The Hall–Kier alpha value is -2.54. The molecule has 0 unspecified atom stereocenters. The van der Waals surface area contributed by atoms with Gasteiger partial charge in [0.05, 0.1) is 0 Å². The van der Waals surface area contributed by atoms with Crippen LogP contribution in [0.2, 0.25) is 0 Å². The standard InChI is InChI=1S/C14H11NO3/c1-9(8-15)18-14(17)12-6-10-4-2-3-5-11(10)7-13(12)16/h2-7,9,16H,1H3/t9-/m1/s1. The van der Waals surface area contributed by atoms with Crippen LogP contribution in [0.5, 0.6) is 5.75 Å². The largest absolute Gasteiger partial charge is 0.507 e. The fraction of sp³-hybridized carbons (Fsp3) is 0.143. The Kier molecular flexibility index (Phi) is 3.16. The number of aromatic hydroxyl groups is 1. The molecule has 0 aliphatic carbocycles. The molecule has 2 aromatic rings. The summed E-state index contributed by atoms with van der Waals surface area (Å²) < 4.78 is 4.86. The lowest BCUT2D eigenvalue weighted by Crippen LogP contribution is -2.13. The average Bonchev–Trinajstić information content (AvgIpc) is 2.37. The third kappa shape index (κ3) is 2.25. The highest BCUT2D eigenvalue weighted by molar-refractivity contribution is 5.98.